The van der Waals surface area contributed by atoms with Gasteiger partial charge in [0, 0.05) is 25.8 Å². The number of carbonyl (C=O) groups is 2. The van der Waals surface area contributed by atoms with Crippen LogP contribution in [0.5, 0.6) is 0 Å². The minimum absolute atomic E-state index is 0.0660. The second-order valence-electron chi connectivity index (χ2n) is 7.51. The van der Waals surface area contributed by atoms with E-state index in [9.17, 15) is 14.4 Å². The summed E-state index contributed by atoms with van der Waals surface area (Å²) in [4.78, 5) is 44.2. The summed E-state index contributed by atoms with van der Waals surface area (Å²) in [7, 11) is 1.52. The van der Waals surface area contributed by atoms with Crippen LogP contribution in [-0.4, -0.2) is 43.5 Å². The number of amides is 2. The topological polar surface area (TPSA) is 80.1 Å². The molecule has 156 valence electrons. The summed E-state index contributed by atoms with van der Waals surface area (Å²) in [5, 5.41) is 0.328. The Hall–Kier alpha value is -3.71. The Labute approximate surface area is 178 Å². The van der Waals surface area contributed by atoms with Crippen LogP contribution in [0, 0.1) is 0 Å². The van der Waals surface area contributed by atoms with Crippen LogP contribution in [-0.2, 0) is 15.1 Å². The maximum absolute atomic E-state index is 14.0. The lowest BCUT2D eigenvalue weighted by molar-refractivity contribution is -0.126. The van der Waals surface area contributed by atoms with Gasteiger partial charge in [0.15, 0.2) is 11.0 Å². The van der Waals surface area contributed by atoms with Gasteiger partial charge in [-0.2, -0.15) is 0 Å². The summed E-state index contributed by atoms with van der Waals surface area (Å²) in [6.45, 7) is 4.33. The molecule has 2 aliphatic rings. The number of rotatable bonds is 5. The highest BCUT2D eigenvalue weighted by atomic mass is 16.5. The second-order valence-corrected chi connectivity index (χ2v) is 7.51. The molecule has 3 aromatic rings. The van der Waals surface area contributed by atoms with Crippen molar-refractivity contribution in [3.8, 4) is 0 Å². The third-order valence-electron chi connectivity index (χ3n) is 5.97. The van der Waals surface area contributed by atoms with Gasteiger partial charge in [0.2, 0.25) is 5.76 Å². The lowest BCUT2D eigenvalue weighted by atomic mass is 9.84. The van der Waals surface area contributed by atoms with E-state index < -0.39 is 11.4 Å². The van der Waals surface area contributed by atoms with Crippen LogP contribution < -0.4 is 10.3 Å². The molecule has 0 bridgehead atoms. The molecule has 0 saturated carbocycles. The Morgan fingerprint density at radius 1 is 1.10 bits per heavy atom. The number of fused-ring (bicyclic) bond motifs is 5. The molecular weight excluding hydrogens is 396 g/mol. The van der Waals surface area contributed by atoms with Crippen LogP contribution in [0.1, 0.15) is 21.7 Å². The normalized spacial score (nSPS) is 19.4. The van der Waals surface area contributed by atoms with Crippen molar-refractivity contribution in [1.82, 2.24) is 4.90 Å². The van der Waals surface area contributed by atoms with Crippen molar-refractivity contribution < 1.29 is 18.7 Å². The van der Waals surface area contributed by atoms with Crippen molar-refractivity contribution in [1.29, 1.82) is 0 Å². The number of carbonyl (C=O) groups excluding carboxylic acids is 2. The fourth-order valence-electron chi connectivity index (χ4n) is 4.73. The predicted molar refractivity (Wildman–Crippen MR) is 115 cm³/mol. The summed E-state index contributed by atoms with van der Waals surface area (Å²) >= 11 is 0. The Morgan fingerprint density at radius 2 is 1.84 bits per heavy atom. The molecule has 7 heteroatoms. The van der Waals surface area contributed by atoms with E-state index in [1.807, 2.05) is 12.1 Å². The van der Waals surface area contributed by atoms with E-state index in [1.54, 1.807) is 47.4 Å². The maximum Gasteiger partial charge on any atom is 0.291 e. The molecule has 0 radical (unpaired) electrons. The fourth-order valence-corrected chi connectivity index (χ4v) is 4.73. The molecule has 7 nitrogen and oxygen atoms in total. The molecule has 0 fully saturated rings. The van der Waals surface area contributed by atoms with Gasteiger partial charge < -0.3 is 19.0 Å². The summed E-state index contributed by atoms with van der Waals surface area (Å²) in [5.41, 5.74) is -0.388. The molecule has 0 saturated heterocycles. The molecular formula is C24H20N2O5. The van der Waals surface area contributed by atoms with Crippen LogP contribution in [0.3, 0.4) is 0 Å². The molecule has 3 heterocycles. The number of hydrogen-bond acceptors (Lipinski definition) is 5. The van der Waals surface area contributed by atoms with Crippen molar-refractivity contribution >= 4 is 28.5 Å². The minimum atomic E-state index is -1.60. The first-order valence-electron chi connectivity index (χ1n) is 9.97. The quantitative estimate of drug-likeness (QED) is 0.598. The SMILES string of the molecule is C=CCN1C(=O)C2(c3ccccc31)c1c(oc3ccccc3c1=O)C(=O)N2CCOC. The number of benzene rings is 2. The van der Waals surface area contributed by atoms with Gasteiger partial charge in [-0.3, -0.25) is 14.4 Å². The fraction of sp³-hybridized carbons (Fsp3) is 0.208. The Bertz CT molecular complexity index is 1310. The number of ether oxygens (including phenoxy) is 1. The standard InChI is InChI=1S/C24H20N2O5/c1-3-12-25-17-10-6-5-9-16(17)24(23(25)29)19-20(27)15-8-4-7-11-18(15)31-21(19)22(28)26(24)13-14-30-2/h3-11H,1,12-14H2,2H3. The van der Waals surface area contributed by atoms with Crippen molar-refractivity contribution in [2.75, 3.05) is 31.7 Å². The Morgan fingerprint density at radius 3 is 2.61 bits per heavy atom. The van der Waals surface area contributed by atoms with Gasteiger partial charge in [0.05, 0.1) is 23.2 Å². The molecule has 0 aliphatic carbocycles. The van der Waals surface area contributed by atoms with E-state index in [-0.39, 0.29) is 42.4 Å². The van der Waals surface area contributed by atoms with E-state index >= 15 is 0 Å². The van der Waals surface area contributed by atoms with E-state index in [0.717, 1.165) is 0 Å². The number of methoxy groups -OCH3 is 1. The zero-order valence-corrected chi connectivity index (χ0v) is 17.0. The third-order valence-corrected chi connectivity index (χ3v) is 5.97. The highest BCUT2D eigenvalue weighted by Crippen LogP contribution is 2.52. The summed E-state index contributed by atoms with van der Waals surface area (Å²) in [6, 6.07) is 14.0. The molecule has 2 amide bonds. The Kier molecular flexibility index (Phi) is 4.30. The lowest BCUT2D eigenvalue weighted by Crippen LogP contribution is -2.54. The monoisotopic (exact) mass is 416 g/mol. The number of para-hydroxylation sites is 2. The predicted octanol–water partition coefficient (Wildman–Crippen LogP) is 2.67. The third kappa shape index (κ3) is 2.35. The smallest absolute Gasteiger partial charge is 0.291 e. The molecule has 1 spiro atoms. The molecule has 2 aromatic carbocycles. The first-order chi connectivity index (χ1) is 15.1. The number of anilines is 1. The van der Waals surface area contributed by atoms with Crippen molar-refractivity contribution in [2.24, 2.45) is 0 Å². The van der Waals surface area contributed by atoms with Gasteiger partial charge in [-0.1, -0.05) is 36.4 Å². The highest BCUT2D eigenvalue weighted by Gasteiger charge is 2.64. The zero-order valence-electron chi connectivity index (χ0n) is 17.0. The molecule has 1 aromatic heterocycles. The second kappa shape index (κ2) is 6.92. The first kappa shape index (κ1) is 19.3. The van der Waals surface area contributed by atoms with Crippen LogP contribution in [0.4, 0.5) is 5.69 Å². The molecule has 5 rings (SSSR count). The van der Waals surface area contributed by atoms with Gasteiger partial charge in [-0.15, -0.1) is 6.58 Å². The average Bonchev–Trinajstić information content (AvgIpc) is 3.18. The van der Waals surface area contributed by atoms with Crippen LogP contribution in [0.2, 0.25) is 0 Å². The van der Waals surface area contributed by atoms with Gasteiger partial charge in [-0.05, 0) is 18.2 Å². The minimum Gasteiger partial charge on any atom is -0.450 e. The highest BCUT2D eigenvalue weighted by molar-refractivity contribution is 6.17. The Balaban J connectivity index is 1.91. The molecule has 2 aliphatic heterocycles. The average molecular weight is 416 g/mol. The first-order valence-corrected chi connectivity index (χ1v) is 9.97. The van der Waals surface area contributed by atoms with E-state index in [2.05, 4.69) is 6.58 Å². The molecule has 1 atom stereocenters. The van der Waals surface area contributed by atoms with Gasteiger partial charge in [-0.25, -0.2) is 0 Å². The molecule has 31 heavy (non-hydrogen) atoms. The van der Waals surface area contributed by atoms with Crippen molar-refractivity contribution in [3.63, 3.8) is 0 Å². The van der Waals surface area contributed by atoms with Gasteiger partial charge >= 0.3 is 0 Å². The van der Waals surface area contributed by atoms with E-state index in [1.165, 1.54) is 12.0 Å². The van der Waals surface area contributed by atoms with Crippen molar-refractivity contribution in [3.05, 3.63) is 88.3 Å². The van der Waals surface area contributed by atoms with Gasteiger partial charge in [0.25, 0.3) is 11.8 Å². The number of nitrogens with zero attached hydrogens (tertiary/aromatic N) is 2. The summed E-state index contributed by atoms with van der Waals surface area (Å²) < 4.78 is 11.1. The zero-order chi connectivity index (χ0) is 21.8. The summed E-state index contributed by atoms with van der Waals surface area (Å²) in [5.74, 6) is -0.971. The van der Waals surface area contributed by atoms with Crippen LogP contribution in [0.15, 0.2) is 70.4 Å². The van der Waals surface area contributed by atoms with Crippen LogP contribution >= 0.6 is 0 Å². The van der Waals surface area contributed by atoms with Gasteiger partial charge in [0.1, 0.15) is 5.58 Å². The van der Waals surface area contributed by atoms with Crippen molar-refractivity contribution in [2.45, 2.75) is 5.54 Å². The lowest BCUT2D eigenvalue weighted by Gasteiger charge is -2.34. The van der Waals surface area contributed by atoms with E-state index in [4.69, 9.17) is 9.15 Å². The summed E-state index contributed by atoms with van der Waals surface area (Å²) in [6.07, 6.45) is 1.62. The van der Waals surface area contributed by atoms with Crippen LogP contribution in [0.25, 0.3) is 11.0 Å². The maximum atomic E-state index is 14.0. The largest absolute Gasteiger partial charge is 0.450 e. The molecule has 1 unspecified atom stereocenters. The number of hydrogen-bond donors (Lipinski definition) is 0. The molecule has 0 N–H and O–H groups in total. The van der Waals surface area contributed by atoms with E-state index in [0.29, 0.717) is 22.2 Å².